The number of nitrogens with zero attached hydrogens (tertiary/aromatic N) is 1. The average molecular weight is 323 g/mol. The fraction of sp³-hybridized carbons (Fsp3) is 0.357. The number of aromatic nitrogens is 1. The molecule has 1 aliphatic rings. The van der Waals surface area contributed by atoms with Crippen LogP contribution in [0, 0.1) is 0 Å². The van der Waals surface area contributed by atoms with Crippen molar-refractivity contribution in [3.63, 3.8) is 0 Å². The van der Waals surface area contributed by atoms with Crippen LogP contribution < -0.4 is 10.0 Å². The highest BCUT2D eigenvalue weighted by atomic mass is 32.2. The third-order valence-corrected chi connectivity index (χ3v) is 6.18. The fourth-order valence-corrected chi connectivity index (χ4v) is 4.30. The molecule has 1 fully saturated rings. The van der Waals surface area contributed by atoms with Gasteiger partial charge in [0.25, 0.3) is 10.0 Å². The van der Waals surface area contributed by atoms with E-state index >= 15 is 0 Å². The Labute approximate surface area is 128 Å². The van der Waals surface area contributed by atoms with Gasteiger partial charge in [-0.3, -0.25) is 4.72 Å². The Morgan fingerprint density at radius 3 is 2.81 bits per heavy atom. The van der Waals surface area contributed by atoms with Gasteiger partial charge in [0.2, 0.25) is 0 Å². The molecular weight excluding hydrogens is 306 g/mol. The second kappa shape index (κ2) is 6.13. The van der Waals surface area contributed by atoms with E-state index in [9.17, 15) is 8.42 Å². The van der Waals surface area contributed by atoms with Crippen LogP contribution in [0.25, 0.3) is 0 Å². The normalized spacial score (nSPS) is 15.0. The van der Waals surface area contributed by atoms with Crippen LogP contribution in [0.3, 0.4) is 0 Å². The summed E-state index contributed by atoms with van der Waals surface area (Å²) in [4.78, 5) is 5.05. The van der Waals surface area contributed by atoms with Gasteiger partial charge in [-0.05, 0) is 43.5 Å². The molecule has 0 radical (unpaired) electrons. The van der Waals surface area contributed by atoms with E-state index in [-0.39, 0.29) is 0 Å². The van der Waals surface area contributed by atoms with Gasteiger partial charge in [-0.2, -0.15) is 0 Å². The smallest absolute Gasteiger partial charge is 0.272 e. The van der Waals surface area contributed by atoms with E-state index in [0.29, 0.717) is 16.1 Å². The zero-order valence-electron chi connectivity index (χ0n) is 11.5. The molecule has 2 heterocycles. The summed E-state index contributed by atoms with van der Waals surface area (Å²) < 4.78 is 27.3. The maximum absolute atomic E-state index is 12.3. The molecule has 21 heavy (non-hydrogen) atoms. The molecule has 112 valence electrons. The van der Waals surface area contributed by atoms with E-state index in [0.717, 1.165) is 17.8 Å². The number of hydrogen-bond donors (Lipinski definition) is 2. The van der Waals surface area contributed by atoms with E-state index in [4.69, 9.17) is 0 Å². The minimum atomic E-state index is -3.54. The monoisotopic (exact) mass is 323 g/mol. The zero-order valence-corrected chi connectivity index (χ0v) is 13.1. The van der Waals surface area contributed by atoms with Crippen molar-refractivity contribution in [3.8, 4) is 0 Å². The first-order chi connectivity index (χ1) is 10.1. The van der Waals surface area contributed by atoms with Gasteiger partial charge >= 0.3 is 0 Å². The summed E-state index contributed by atoms with van der Waals surface area (Å²) in [6.45, 7) is 0.901. The maximum Gasteiger partial charge on any atom is 0.272 e. The third-order valence-electron chi connectivity index (χ3n) is 3.19. The lowest BCUT2D eigenvalue weighted by molar-refractivity contribution is 0.603. The molecule has 0 spiro atoms. The predicted molar refractivity (Wildman–Crippen MR) is 84.1 cm³/mol. The molecule has 7 heteroatoms. The number of sulfonamides is 1. The van der Waals surface area contributed by atoms with Gasteiger partial charge in [-0.15, -0.1) is 11.3 Å². The van der Waals surface area contributed by atoms with Crippen molar-refractivity contribution in [2.75, 3.05) is 11.3 Å². The summed E-state index contributed by atoms with van der Waals surface area (Å²) in [7, 11) is -3.54. The molecular formula is C14H17N3O2S2. The summed E-state index contributed by atoms with van der Waals surface area (Å²) in [6.07, 6.45) is 4.94. The van der Waals surface area contributed by atoms with E-state index in [1.807, 2.05) is 6.07 Å². The molecule has 1 aliphatic carbocycles. The van der Waals surface area contributed by atoms with Crippen LogP contribution in [0.4, 0.5) is 5.82 Å². The molecule has 1 saturated carbocycles. The van der Waals surface area contributed by atoms with Crippen molar-refractivity contribution in [3.05, 3.63) is 41.4 Å². The van der Waals surface area contributed by atoms with Gasteiger partial charge in [-0.25, -0.2) is 13.4 Å². The van der Waals surface area contributed by atoms with E-state index in [1.54, 1.807) is 30.5 Å². The average Bonchev–Trinajstić information content (AvgIpc) is 3.15. The topological polar surface area (TPSA) is 71.1 Å². The third kappa shape index (κ3) is 4.03. The van der Waals surface area contributed by atoms with Gasteiger partial charge in [0.1, 0.15) is 10.0 Å². The van der Waals surface area contributed by atoms with Gasteiger partial charge in [0, 0.05) is 23.7 Å². The maximum atomic E-state index is 12.3. The molecule has 5 nitrogen and oxygen atoms in total. The number of thiophene rings is 1. The summed E-state index contributed by atoms with van der Waals surface area (Å²) in [6, 6.07) is 9.33. The standard InChI is InChI=1S/C14H17N3O2S2/c18-21(19,17-13-3-1-2-9-16-13)14-7-6-12(20-14)8-10-15-11-4-5-11/h1-3,6-7,9,11,15H,4-5,8,10H2,(H,16,17). The molecule has 0 bridgehead atoms. The van der Waals surface area contributed by atoms with Crippen LogP contribution in [0.15, 0.2) is 40.7 Å². The number of pyridine rings is 1. The van der Waals surface area contributed by atoms with Gasteiger partial charge < -0.3 is 5.32 Å². The van der Waals surface area contributed by atoms with Crippen molar-refractivity contribution >= 4 is 27.2 Å². The first kappa shape index (κ1) is 14.5. The lowest BCUT2D eigenvalue weighted by Gasteiger charge is -2.04. The molecule has 2 aromatic rings. The molecule has 2 N–H and O–H groups in total. The fourth-order valence-electron chi connectivity index (χ4n) is 1.94. The second-order valence-electron chi connectivity index (χ2n) is 5.02. The molecule has 3 rings (SSSR count). The summed E-state index contributed by atoms with van der Waals surface area (Å²) in [5, 5.41) is 3.42. The number of hydrogen-bond acceptors (Lipinski definition) is 5. The highest BCUT2D eigenvalue weighted by molar-refractivity contribution is 7.94. The van der Waals surface area contributed by atoms with Gasteiger partial charge in [-0.1, -0.05) is 6.07 Å². The number of anilines is 1. The van der Waals surface area contributed by atoms with Gasteiger partial charge in [0.05, 0.1) is 0 Å². The molecule has 0 aliphatic heterocycles. The largest absolute Gasteiger partial charge is 0.314 e. The van der Waals surface area contributed by atoms with Crippen LogP contribution in [0.2, 0.25) is 0 Å². The first-order valence-corrected chi connectivity index (χ1v) is 9.19. The molecule has 0 saturated heterocycles. The SMILES string of the molecule is O=S(=O)(Nc1ccccn1)c1ccc(CCNC2CC2)s1. The van der Waals surface area contributed by atoms with Crippen LogP contribution in [0.5, 0.6) is 0 Å². The van der Waals surface area contributed by atoms with Crippen molar-refractivity contribution in [1.82, 2.24) is 10.3 Å². The number of rotatable bonds is 7. The van der Waals surface area contributed by atoms with Crippen LogP contribution in [-0.4, -0.2) is 26.0 Å². The Morgan fingerprint density at radius 2 is 2.10 bits per heavy atom. The van der Waals surface area contributed by atoms with Crippen molar-refractivity contribution in [1.29, 1.82) is 0 Å². The lowest BCUT2D eigenvalue weighted by Crippen LogP contribution is -2.18. The van der Waals surface area contributed by atoms with Crippen molar-refractivity contribution < 1.29 is 8.42 Å². The first-order valence-electron chi connectivity index (χ1n) is 6.89. The Morgan fingerprint density at radius 1 is 1.24 bits per heavy atom. The summed E-state index contributed by atoms with van der Waals surface area (Å²) >= 11 is 1.31. The Hall–Kier alpha value is -1.44. The van der Waals surface area contributed by atoms with Gasteiger partial charge in [0.15, 0.2) is 0 Å². The van der Waals surface area contributed by atoms with Crippen molar-refractivity contribution in [2.24, 2.45) is 0 Å². The van der Waals surface area contributed by atoms with Crippen LogP contribution in [0.1, 0.15) is 17.7 Å². The Bertz CT molecular complexity index is 694. The highest BCUT2D eigenvalue weighted by Gasteiger charge is 2.20. The van der Waals surface area contributed by atoms with E-state index in [2.05, 4.69) is 15.0 Å². The Kier molecular flexibility index (Phi) is 4.23. The minimum absolute atomic E-state index is 0.328. The molecule has 0 amide bonds. The summed E-state index contributed by atoms with van der Waals surface area (Å²) in [5.41, 5.74) is 0. The molecule has 2 aromatic heterocycles. The van der Waals surface area contributed by atoms with Crippen molar-refractivity contribution in [2.45, 2.75) is 29.5 Å². The van der Waals surface area contributed by atoms with Crippen LogP contribution in [-0.2, 0) is 16.4 Å². The van der Waals surface area contributed by atoms with Crippen LogP contribution >= 0.6 is 11.3 Å². The minimum Gasteiger partial charge on any atom is -0.314 e. The highest BCUT2D eigenvalue weighted by Crippen LogP contribution is 2.24. The second-order valence-corrected chi connectivity index (χ2v) is 8.10. The molecule has 0 aromatic carbocycles. The predicted octanol–water partition coefficient (Wildman–Crippen LogP) is 2.24. The van der Waals surface area contributed by atoms with E-state index in [1.165, 1.54) is 24.2 Å². The Balaban J connectivity index is 1.63. The molecule has 0 unspecified atom stereocenters. The lowest BCUT2D eigenvalue weighted by atomic mass is 10.3. The van der Waals surface area contributed by atoms with E-state index < -0.39 is 10.0 Å². The summed E-state index contributed by atoms with van der Waals surface area (Å²) in [5.74, 6) is 0.336. The quantitative estimate of drug-likeness (QED) is 0.820. The molecule has 0 atom stereocenters. The zero-order chi connectivity index (χ0) is 14.7. The number of nitrogens with one attached hydrogen (secondary N) is 2.